The number of hydrogen-bond donors (Lipinski definition) is 1. The van der Waals surface area contributed by atoms with E-state index in [1.165, 1.54) is 17.7 Å². The molecule has 0 saturated carbocycles. The number of nitrogens with one attached hydrogen (secondary N) is 1. The maximum atomic E-state index is 12.8. The van der Waals surface area contributed by atoms with Crippen molar-refractivity contribution in [1.82, 2.24) is 15.2 Å². The number of hydrogen-bond acceptors (Lipinski definition) is 2. The van der Waals surface area contributed by atoms with Gasteiger partial charge in [0.1, 0.15) is 11.6 Å². The quantitative estimate of drug-likeness (QED) is 0.778. The highest BCUT2D eigenvalue weighted by atomic mass is 19.1. The minimum Gasteiger partial charge on any atom is -0.262 e. The Morgan fingerprint density at radius 3 is 2.42 bits per heavy atom. The molecule has 0 bridgehead atoms. The fourth-order valence-electron chi connectivity index (χ4n) is 1.89. The Kier molecular flexibility index (Phi) is 3.06. The number of aromatic nitrogens is 3. The van der Waals surface area contributed by atoms with Crippen molar-refractivity contribution < 1.29 is 4.39 Å². The van der Waals surface area contributed by atoms with E-state index >= 15 is 0 Å². The van der Waals surface area contributed by atoms with Crippen LogP contribution < -0.4 is 0 Å². The van der Waals surface area contributed by atoms with Crippen LogP contribution in [0.25, 0.3) is 11.4 Å². The molecule has 1 N–H and O–H groups in total. The van der Waals surface area contributed by atoms with E-state index in [0.717, 1.165) is 11.4 Å². The lowest BCUT2D eigenvalue weighted by molar-refractivity contribution is 0.628. The minimum atomic E-state index is -0.260. The molecule has 0 saturated heterocycles. The molecule has 94 valence electrons. The van der Waals surface area contributed by atoms with Gasteiger partial charge < -0.3 is 0 Å². The summed E-state index contributed by atoms with van der Waals surface area (Å²) in [6, 6.07) is 16.2. The molecule has 0 atom stereocenters. The van der Waals surface area contributed by atoms with E-state index in [4.69, 9.17) is 0 Å². The zero-order chi connectivity index (χ0) is 13.1. The number of H-pyrrole nitrogens is 1. The van der Waals surface area contributed by atoms with E-state index in [1.807, 2.05) is 30.3 Å². The van der Waals surface area contributed by atoms with Crippen LogP contribution in [-0.2, 0) is 6.42 Å². The largest absolute Gasteiger partial charge is 0.262 e. The van der Waals surface area contributed by atoms with Gasteiger partial charge in [-0.2, -0.15) is 5.10 Å². The molecule has 3 rings (SSSR count). The van der Waals surface area contributed by atoms with Crippen molar-refractivity contribution in [1.29, 1.82) is 0 Å². The predicted molar refractivity (Wildman–Crippen MR) is 71.0 cm³/mol. The fourth-order valence-corrected chi connectivity index (χ4v) is 1.89. The van der Waals surface area contributed by atoms with Gasteiger partial charge in [0.2, 0.25) is 0 Å². The maximum absolute atomic E-state index is 12.8. The fraction of sp³-hybridized carbons (Fsp3) is 0.0667. The Morgan fingerprint density at radius 1 is 0.947 bits per heavy atom. The molecular weight excluding hydrogens is 241 g/mol. The van der Waals surface area contributed by atoms with Crippen molar-refractivity contribution >= 4 is 0 Å². The minimum absolute atomic E-state index is 0.260. The average Bonchev–Trinajstić information content (AvgIpc) is 2.89. The second-order valence-corrected chi connectivity index (χ2v) is 4.27. The van der Waals surface area contributed by atoms with Crippen LogP contribution in [0.5, 0.6) is 0 Å². The molecule has 0 unspecified atom stereocenters. The molecule has 3 aromatic rings. The lowest BCUT2D eigenvalue weighted by Crippen LogP contribution is -1.90. The summed E-state index contributed by atoms with van der Waals surface area (Å²) in [4.78, 5) is 4.42. The number of halogens is 1. The third kappa shape index (κ3) is 2.68. The molecule has 1 heterocycles. The molecule has 0 amide bonds. The summed E-state index contributed by atoms with van der Waals surface area (Å²) >= 11 is 0. The van der Waals surface area contributed by atoms with Gasteiger partial charge in [-0.15, -0.1) is 0 Å². The van der Waals surface area contributed by atoms with Crippen LogP contribution in [0.1, 0.15) is 11.4 Å². The monoisotopic (exact) mass is 253 g/mol. The topological polar surface area (TPSA) is 41.6 Å². The molecule has 0 fully saturated rings. The zero-order valence-corrected chi connectivity index (χ0v) is 10.2. The van der Waals surface area contributed by atoms with Gasteiger partial charge in [-0.1, -0.05) is 30.3 Å². The highest BCUT2D eigenvalue weighted by molar-refractivity contribution is 5.54. The summed E-state index contributed by atoms with van der Waals surface area (Å²) in [6.07, 6.45) is 0.703. The molecule has 0 aliphatic rings. The van der Waals surface area contributed by atoms with Gasteiger partial charge in [0.05, 0.1) is 0 Å². The van der Waals surface area contributed by atoms with Crippen molar-refractivity contribution in [2.24, 2.45) is 0 Å². The highest BCUT2D eigenvalue weighted by Crippen LogP contribution is 2.15. The third-order valence-electron chi connectivity index (χ3n) is 2.85. The van der Waals surface area contributed by atoms with Crippen molar-refractivity contribution in [3.05, 3.63) is 71.8 Å². The lowest BCUT2D eigenvalue weighted by atomic mass is 10.1. The first-order valence-electron chi connectivity index (χ1n) is 6.02. The van der Waals surface area contributed by atoms with E-state index in [2.05, 4.69) is 15.2 Å². The Morgan fingerprint density at radius 2 is 1.68 bits per heavy atom. The van der Waals surface area contributed by atoms with Gasteiger partial charge in [-0.3, -0.25) is 5.10 Å². The first kappa shape index (κ1) is 11.6. The third-order valence-corrected chi connectivity index (χ3v) is 2.85. The molecule has 4 heteroatoms. The molecule has 0 radical (unpaired) electrons. The summed E-state index contributed by atoms with van der Waals surface area (Å²) in [6.45, 7) is 0. The van der Waals surface area contributed by atoms with Crippen LogP contribution in [0.4, 0.5) is 4.39 Å². The Hall–Kier alpha value is -2.49. The van der Waals surface area contributed by atoms with Gasteiger partial charge in [-0.05, 0) is 29.8 Å². The summed E-state index contributed by atoms with van der Waals surface area (Å²) in [5.41, 5.74) is 1.97. The Balaban J connectivity index is 1.82. The summed E-state index contributed by atoms with van der Waals surface area (Å²) in [5, 5.41) is 7.07. The van der Waals surface area contributed by atoms with Crippen molar-refractivity contribution in [2.75, 3.05) is 0 Å². The van der Waals surface area contributed by atoms with E-state index in [-0.39, 0.29) is 5.82 Å². The highest BCUT2D eigenvalue weighted by Gasteiger charge is 2.06. The van der Waals surface area contributed by atoms with Crippen LogP contribution in [0.2, 0.25) is 0 Å². The van der Waals surface area contributed by atoms with Gasteiger partial charge in [0.15, 0.2) is 5.82 Å². The van der Waals surface area contributed by atoms with Crippen LogP contribution in [-0.4, -0.2) is 15.2 Å². The van der Waals surface area contributed by atoms with Crippen LogP contribution in [0.15, 0.2) is 54.6 Å². The normalized spacial score (nSPS) is 10.6. The van der Waals surface area contributed by atoms with Crippen molar-refractivity contribution in [2.45, 2.75) is 6.42 Å². The summed E-state index contributed by atoms with van der Waals surface area (Å²) in [5.74, 6) is 1.13. The summed E-state index contributed by atoms with van der Waals surface area (Å²) < 4.78 is 12.8. The SMILES string of the molecule is Fc1ccc(-c2n[nH]c(Cc3ccccc3)n2)cc1. The summed E-state index contributed by atoms with van der Waals surface area (Å²) in [7, 11) is 0. The average molecular weight is 253 g/mol. The molecule has 19 heavy (non-hydrogen) atoms. The second-order valence-electron chi connectivity index (χ2n) is 4.27. The van der Waals surface area contributed by atoms with E-state index in [1.54, 1.807) is 12.1 Å². The van der Waals surface area contributed by atoms with Crippen molar-refractivity contribution in [3.63, 3.8) is 0 Å². The molecule has 2 aromatic carbocycles. The number of rotatable bonds is 3. The first-order chi connectivity index (χ1) is 9.31. The van der Waals surface area contributed by atoms with Gasteiger partial charge in [-0.25, -0.2) is 9.37 Å². The number of aromatic amines is 1. The Labute approximate surface area is 110 Å². The standard InChI is InChI=1S/C15H12FN3/c16-13-8-6-12(7-9-13)15-17-14(18-19-15)10-11-4-2-1-3-5-11/h1-9H,10H2,(H,17,18,19). The predicted octanol–water partition coefficient (Wildman–Crippen LogP) is 3.20. The number of benzene rings is 2. The van der Waals surface area contributed by atoms with Gasteiger partial charge in [0.25, 0.3) is 0 Å². The molecule has 3 nitrogen and oxygen atoms in total. The van der Waals surface area contributed by atoms with Crippen LogP contribution in [0.3, 0.4) is 0 Å². The van der Waals surface area contributed by atoms with Crippen LogP contribution in [0, 0.1) is 5.82 Å². The first-order valence-corrected chi connectivity index (χ1v) is 6.02. The second kappa shape index (κ2) is 5.02. The number of nitrogens with zero attached hydrogens (tertiary/aromatic N) is 2. The van der Waals surface area contributed by atoms with E-state index in [9.17, 15) is 4.39 Å². The molecule has 1 aromatic heterocycles. The molecule has 0 spiro atoms. The van der Waals surface area contributed by atoms with Crippen LogP contribution >= 0.6 is 0 Å². The molecular formula is C15H12FN3. The smallest absolute Gasteiger partial charge is 0.181 e. The lowest BCUT2D eigenvalue weighted by Gasteiger charge is -1.96. The maximum Gasteiger partial charge on any atom is 0.181 e. The van der Waals surface area contributed by atoms with E-state index in [0.29, 0.717) is 12.2 Å². The Bertz CT molecular complexity index is 659. The van der Waals surface area contributed by atoms with Crippen molar-refractivity contribution in [3.8, 4) is 11.4 Å². The van der Waals surface area contributed by atoms with E-state index < -0.39 is 0 Å². The zero-order valence-electron chi connectivity index (χ0n) is 10.2. The van der Waals surface area contributed by atoms with Gasteiger partial charge in [0, 0.05) is 12.0 Å². The molecule has 0 aliphatic carbocycles. The van der Waals surface area contributed by atoms with Gasteiger partial charge >= 0.3 is 0 Å². The molecule has 0 aliphatic heterocycles.